The number of aliphatic carboxylic acids is 1. The second kappa shape index (κ2) is 7.12. The summed E-state index contributed by atoms with van der Waals surface area (Å²) >= 11 is 9.34. The van der Waals surface area contributed by atoms with Crippen LogP contribution in [0.1, 0.15) is 31.9 Å². The van der Waals surface area contributed by atoms with E-state index in [1.165, 1.54) is 0 Å². The number of carbonyl (C=O) groups is 1. The lowest BCUT2D eigenvalue weighted by Crippen LogP contribution is -2.30. The third-order valence-corrected chi connectivity index (χ3v) is 4.16. The highest BCUT2D eigenvalue weighted by atomic mass is 79.9. The summed E-state index contributed by atoms with van der Waals surface area (Å²) in [5.41, 5.74) is 0.970. The van der Waals surface area contributed by atoms with E-state index in [0.717, 1.165) is 23.1 Å². The number of benzene rings is 1. The molecule has 1 aromatic carbocycles. The molecule has 0 radical (unpaired) electrons. The quantitative estimate of drug-likeness (QED) is 0.856. The van der Waals surface area contributed by atoms with Crippen molar-refractivity contribution in [2.45, 2.75) is 26.3 Å². The zero-order valence-electron chi connectivity index (χ0n) is 10.5. The summed E-state index contributed by atoms with van der Waals surface area (Å²) in [5.74, 6) is -0.794. The summed E-state index contributed by atoms with van der Waals surface area (Å²) in [7, 11) is 0. The van der Waals surface area contributed by atoms with Gasteiger partial charge in [0.15, 0.2) is 0 Å². The first kappa shape index (κ1) is 15.5. The Kier molecular flexibility index (Phi) is 6.12. The van der Waals surface area contributed by atoms with Gasteiger partial charge in [0.25, 0.3) is 0 Å². The molecule has 100 valence electrons. The van der Waals surface area contributed by atoms with Gasteiger partial charge in [-0.05, 0) is 46.7 Å². The average Bonchev–Trinajstić information content (AvgIpc) is 2.32. The SMILES string of the molecule is CCN(CC)C(CC(=O)O)c1ccc(Cl)c(Br)c1. The van der Waals surface area contributed by atoms with Gasteiger partial charge in [-0.3, -0.25) is 9.69 Å². The summed E-state index contributed by atoms with van der Waals surface area (Å²) < 4.78 is 0.796. The Hall–Kier alpha value is -0.580. The van der Waals surface area contributed by atoms with Crippen LogP contribution in [0.5, 0.6) is 0 Å². The third-order valence-electron chi connectivity index (χ3n) is 2.95. The number of hydrogen-bond acceptors (Lipinski definition) is 2. The molecule has 0 fully saturated rings. The van der Waals surface area contributed by atoms with Crippen LogP contribution in [0.25, 0.3) is 0 Å². The average molecular weight is 335 g/mol. The van der Waals surface area contributed by atoms with Crippen LogP contribution in [0, 0.1) is 0 Å². The maximum Gasteiger partial charge on any atom is 0.305 e. The fourth-order valence-corrected chi connectivity index (χ4v) is 2.52. The highest BCUT2D eigenvalue weighted by molar-refractivity contribution is 9.10. The highest BCUT2D eigenvalue weighted by Gasteiger charge is 2.21. The summed E-state index contributed by atoms with van der Waals surface area (Å²) in [6.45, 7) is 5.69. The molecule has 1 aromatic rings. The van der Waals surface area contributed by atoms with E-state index < -0.39 is 5.97 Å². The lowest BCUT2D eigenvalue weighted by Gasteiger charge is -2.29. The Balaban J connectivity index is 3.07. The molecular weight excluding hydrogens is 318 g/mol. The van der Waals surface area contributed by atoms with Crippen LogP contribution < -0.4 is 0 Å². The third kappa shape index (κ3) is 3.97. The standard InChI is InChI=1S/C13H17BrClNO2/c1-3-16(4-2)12(8-13(17)18)9-5-6-11(15)10(14)7-9/h5-7,12H,3-4,8H2,1-2H3,(H,17,18). The van der Waals surface area contributed by atoms with Gasteiger partial charge >= 0.3 is 5.97 Å². The van der Waals surface area contributed by atoms with Crippen molar-refractivity contribution >= 4 is 33.5 Å². The van der Waals surface area contributed by atoms with Crippen molar-refractivity contribution in [2.75, 3.05) is 13.1 Å². The van der Waals surface area contributed by atoms with E-state index >= 15 is 0 Å². The van der Waals surface area contributed by atoms with Crippen LogP contribution in [-0.4, -0.2) is 29.1 Å². The van der Waals surface area contributed by atoms with Crippen molar-refractivity contribution in [1.29, 1.82) is 0 Å². The topological polar surface area (TPSA) is 40.5 Å². The van der Waals surface area contributed by atoms with E-state index in [0.29, 0.717) is 5.02 Å². The Morgan fingerprint density at radius 3 is 2.50 bits per heavy atom. The molecule has 0 saturated carbocycles. The van der Waals surface area contributed by atoms with Gasteiger partial charge in [-0.15, -0.1) is 0 Å². The number of nitrogens with zero attached hydrogens (tertiary/aromatic N) is 1. The van der Waals surface area contributed by atoms with E-state index in [-0.39, 0.29) is 12.5 Å². The van der Waals surface area contributed by atoms with Crippen molar-refractivity contribution in [3.05, 3.63) is 33.3 Å². The largest absolute Gasteiger partial charge is 0.481 e. The molecular formula is C13H17BrClNO2. The molecule has 0 saturated heterocycles. The number of halogens is 2. The van der Waals surface area contributed by atoms with E-state index in [2.05, 4.69) is 20.8 Å². The number of rotatable bonds is 6. The summed E-state index contributed by atoms with van der Waals surface area (Å²) in [6, 6.07) is 5.46. The summed E-state index contributed by atoms with van der Waals surface area (Å²) in [4.78, 5) is 13.1. The van der Waals surface area contributed by atoms with E-state index in [1.807, 2.05) is 26.0 Å². The van der Waals surface area contributed by atoms with E-state index in [9.17, 15) is 4.79 Å². The van der Waals surface area contributed by atoms with Crippen LogP contribution in [-0.2, 0) is 4.79 Å². The molecule has 3 nitrogen and oxygen atoms in total. The lowest BCUT2D eigenvalue weighted by molar-refractivity contribution is -0.138. The molecule has 0 heterocycles. The monoisotopic (exact) mass is 333 g/mol. The maximum atomic E-state index is 11.0. The van der Waals surface area contributed by atoms with Crippen molar-refractivity contribution < 1.29 is 9.90 Å². The van der Waals surface area contributed by atoms with Gasteiger partial charge in [0, 0.05) is 10.5 Å². The van der Waals surface area contributed by atoms with Crippen LogP contribution in [0.2, 0.25) is 5.02 Å². The predicted octanol–water partition coefficient (Wildman–Crippen LogP) is 3.96. The Bertz CT molecular complexity index is 421. The molecule has 1 N–H and O–H groups in total. The summed E-state index contributed by atoms with van der Waals surface area (Å²) in [5, 5.41) is 9.68. The van der Waals surface area contributed by atoms with Gasteiger partial charge in [-0.2, -0.15) is 0 Å². The first-order chi connectivity index (χ1) is 8.49. The van der Waals surface area contributed by atoms with E-state index in [1.54, 1.807) is 6.07 Å². The highest BCUT2D eigenvalue weighted by Crippen LogP contribution is 2.30. The Labute approximate surface area is 121 Å². The Morgan fingerprint density at radius 2 is 2.06 bits per heavy atom. The van der Waals surface area contributed by atoms with Gasteiger partial charge in [0.05, 0.1) is 11.4 Å². The van der Waals surface area contributed by atoms with Crippen LogP contribution in [0.3, 0.4) is 0 Å². The number of carboxylic acid groups (broad SMARTS) is 1. The molecule has 0 aromatic heterocycles. The second-order valence-electron chi connectivity index (χ2n) is 4.01. The molecule has 1 unspecified atom stereocenters. The molecule has 0 bridgehead atoms. The predicted molar refractivity (Wildman–Crippen MR) is 77.1 cm³/mol. The molecule has 1 rings (SSSR count). The molecule has 0 aliphatic carbocycles. The van der Waals surface area contributed by atoms with Gasteiger partial charge in [0.2, 0.25) is 0 Å². The molecule has 0 aliphatic heterocycles. The molecule has 0 amide bonds. The normalized spacial score (nSPS) is 12.7. The molecule has 5 heteroatoms. The number of carboxylic acids is 1. The smallest absolute Gasteiger partial charge is 0.305 e. The molecule has 1 atom stereocenters. The first-order valence-corrected chi connectivity index (χ1v) is 7.07. The van der Waals surface area contributed by atoms with Gasteiger partial charge in [-0.25, -0.2) is 0 Å². The van der Waals surface area contributed by atoms with Gasteiger partial charge < -0.3 is 5.11 Å². The fourth-order valence-electron chi connectivity index (χ4n) is 2.01. The van der Waals surface area contributed by atoms with Crippen LogP contribution in [0.15, 0.2) is 22.7 Å². The summed E-state index contributed by atoms with van der Waals surface area (Å²) in [6.07, 6.45) is 0.0930. The second-order valence-corrected chi connectivity index (χ2v) is 5.27. The zero-order valence-corrected chi connectivity index (χ0v) is 12.8. The zero-order chi connectivity index (χ0) is 13.7. The first-order valence-electron chi connectivity index (χ1n) is 5.90. The lowest BCUT2D eigenvalue weighted by atomic mass is 10.0. The molecule has 0 spiro atoms. The van der Waals surface area contributed by atoms with Crippen molar-refractivity contribution in [1.82, 2.24) is 4.90 Å². The maximum absolute atomic E-state index is 11.0. The number of hydrogen-bond donors (Lipinski definition) is 1. The van der Waals surface area contributed by atoms with E-state index in [4.69, 9.17) is 16.7 Å². The molecule has 0 aliphatic rings. The van der Waals surface area contributed by atoms with Gasteiger partial charge in [-0.1, -0.05) is 31.5 Å². The fraction of sp³-hybridized carbons (Fsp3) is 0.462. The van der Waals surface area contributed by atoms with Crippen LogP contribution >= 0.6 is 27.5 Å². The minimum Gasteiger partial charge on any atom is -0.481 e. The molecule has 18 heavy (non-hydrogen) atoms. The van der Waals surface area contributed by atoms with Gasteiger partial charge in [0.1, 0.15) is 0 Å². The van der Waals surface area contributed by atoms with Crippen molar-refractivity contribution in [3.63, 3.8) is 0 Å². The minimum atomic E-state index is -0.794. The van der Waals surface area contributed by atoms with Crippen LogP contribution in [0.4, 0.5) is 0 Å². The Morgan fingerprint density at radius 1 is 1.44 bits per heavy atom. The minimum absolute atomic E-state index is 0.0930. The van der Waals surface area contributed by atoms with Crippen molar-refractivity contribution in [3.8, 4) is 0 Å². The van der Waals surface area contributed by atoms with Crippen molar-refractivity contribution in [2.24, 2.45) is 0 Å².